The fraction of sp³-hybridized carbons (Fsp3) is 1.00. The molecule has 0 amide bonds. The van der Waals surface area contributed by atoms with E-state index in [2.05, 4.69) is 4.74 Å². The van der Waals surface area contributed by atoms with Gasteiger partial charge in [-0.2, -0.15) is 13.2 Å². The minimum atomic E-state index is -4.92. The average Bonchev–Trinajstić information content (AvgIpc) is 2.06. The van der Waals surface area contributed by atoms with Crippen LogP contribution in [0.4, 0.5) is 13.2 Å². The predicted molar refractivity (Wildman–Crippen MR) is 35.0 cm³/mol. The molecular formula is C6H9F3O5. The van der Waals surface area contributed by atoms with Crippen LogP contribution >= 0.6 is 0 Å². The summed E-state index contributed by atoms with van der Waals surface area (Å²) < 4.78 is 40.1. The maximum absolute atomic E-state index is 12.1. The molecule has 14 heavy (non-hydrogen) atoms. The standard InChI is InChI=1S/C6H9F3O5/c7-6(8,9)4-2(11)1(10)3(12)5(13)14-4/h1-5,10-13H/t1-,2+,3+,4+,5?/m1/s1. The van der Waals surface area contributed by atoms with Gasteiger partial charge >= 0.3 is 6.18 Å². The van der Waals surface area contributed by atoms with Crippen molar-refractivity contribution in [3.63, 3.8) is 0 Å². The number of aliphatic hydroxyl groups is 4. The van der Waals surface area contributed by atoms with Crippen LogP contribution in [0.5, 0.6) is 0 Å². The molecule has 0 aromatic rings. The Morgan fingerprint density at radius 1 is 0.857 bits per heavy atom. The second kappa shape index (κ2) is 3.63. The lowest BCUT2D eigenvalue weighted by Crippen LogP contribution is -2.61. The van der Waals surface area contributed by atoms with Crippen molar-refractivity contribution in [2.45, 2.75) is 36.9 Å². The second-order valence-electron chi connectivity index (χ2n) is 2.96. The Morgan fingerprint density at radius 2 is 1.36 bits per heavy atom. The molecule has 0 aromatic heterocycles. The highest BCUT2D eigenvalue weighted by Gasteiger charge is 2.54. The van der Waals surface area contributed by atoms with Crippen molar-refractivity contribution >= 4 is 0 Å². The summed E-state index contributed by atoms with van der Waals surface area (Å²) >= 11 is 0. The molecule has 0 radical (unpaired) electrons. The fourth-order valence-corrected chi connectivity index (χ4v) is 1.13. The fourth-order valence-electron chi connectivity index (χ4n) is 1.13. The SMILES string of the molecule is OC1O[C@H](C(F)(F)F)[C@@H](O)[C@@H](O)[C@@H]1O. The molecule has 8 heteroatoms. The molecular weight excluding hydrogens is 209 g/mol. The van der Waals surface area contributed by atoms with Crippen molar-refractivity contribution < 1.29 is 38.3 Å². The topological polar surface area (TPSA) is 90.2 Å². The van der Waals surface area contributed by atoms with Crippen molar-refractivity contribution in [3.8, 4) is 0 Å². The van der Waals surface area contributed by atoms with Gasteiger partial charge in [-0.3, -0.25) is 0 Å². The molecule has 84 valence electrons. The molecule has 4 N–H and O–H groups in total. The molecule has 1 unspecified atom stereocenters. The number of alkyl halides is 3. The van der Waals surface area contributed by atoms with E-state index in [1.54, 1.807) is 0 Å². The number of hydrogen-bond donors (Lipinski definition) is 4. The number of halogens is 3. The van der Waals surface area contributed by atoms with Gasteiger partial charge in [0, 0.05) is 0 Å². The highest BCUT2D eigenvalue weighted by Crippen LogP contribution is 2.32. The van der Waals surface area contributed by atoms with Gasteiger partial charge in [0.1, 0.15) is 18.3 Å². The summed E-state index contributed by atoms with van der Waals surface area (Å²) in [6.45, 7) is 0. The van der Waals surface area contributed by atoms with Crippen LogP contribution in [0.15, 0.2) is 0 Å². The number of aliphatic hydroxyl groups excluding tert-OH is 4. The molecule has 1 rings (SSSR count). The van der Waals surface area contributed by atoms with Crippen molar-refractivity contribution in [2.75, 3.05) is 0 Å². The minimum absolute atomic E-state index is 1.96. The molecule has 0 spiro atoms. The van der Waals surface area contributed by atoms with Gasteiger partial charge < -0.3 is 25.2 Å². The third-order valence-corrected chi connectivity index (χ3v) is 1.91. The molecule has 1 fully saturated rings. The Labute approximate surface area is 76.3 Å². The maximum atomic E-state index is 12.1. The summed E-state index contributed by atoms with van der Waals surface area (Å²) in [5, 5.41) is 35.4. The van der Waals surface area contributed by atoms with Crippen LogP contribution in [0.1, 0.15) is 0 Å². The van der Waals surface area contributed by atoms with E-state index in [0.29, 0.717) is 0 Å². The highest BCUT2D eigenvalue weighted by molar-refractivity contribution is 4.91. The summed E-state index contributed by atoms with van der Waals surface area (Å²) in [5.41, 5.74) is 0. The molecule has 0 aliphatic carbocycles. The Balaban J connectivity index is 2.81. The van der Waals surface area contributed by atoms with Crippen LogP contribution in [0.3, 0.4) is 0 Å². The Morgan fingerprint density at radius 3 is 1.79 bits per heavy atom. The second-order valence-corrected chi connectivity index (χ2v) is 2.96. The lowest BCUT2D eigenvalue weighted by Gasteiger charge is -2.38. The van der Waals surface area contributed by atoms with Crippen LogP contribution in [0.25, 0.3) is 0 Å². The predicted octanol–water partition coefficient (Wildman–Crippen LogP) is -1.65. The zero-order valence-electron chi connectivity index (χ0n) is 6.72. The van der Waals surface area contributed by atoms with Crippen LogP contribution in [-0.4, -0.2) is 57.3 Å². The van der Waals surface area contributed by atoms with E-state index in [0.717, 1.165) is 0 Å². The number of hydrogen-bond acceptors (Lipinski definition) is 5. The number of ether oxygens (including phenoxy) is 1. The zero-order chi connectivity index (χ0) is 11.1. The number of rotatable bonds is 0. The average molecular weight is 218 g/mol. The van der Waals surface area contributed by atoms with Gasteiger partial charge in [0.25, 0.3) is 0 Å². The molecule has 0 saturated carbocycles. The summed E-state index contributed by atoms with van der Waals surface area (Å²) in [6.07, 6.45) is -16.1. The third-order valence-electron chi connectivity index (χ3n) is 1.91. The van der Waals surface area contributed by atoms with Gasteiger partial charge in [-0.25, -0.2) is 0 Å². The molecule has 1 saturated heterocycles. The zero-order valence-corrected chi connectivity index (χ0v) is 6.72. The van der Waals surface area contributed by atoms with E-state index < -0.39 is 36.9 Å². The van der Waals surface area contributed by atoms with Crippen LogP contribution in [0, 0.1) is 0 Å². The van der Waals surface area contributed by atoms with Crippen molar-refractivity contribution in [1.29, 1.82) is 0 Å². The molecule has 1 aliphatic heterocycles. The summed E-state index contributed by atoms with van der Waals surface area (Å²) in [6, 6.07) is 0. The highest BCUT2D eigenvalue weighted by atomic mass is 19.4. The smallest absolute Gasteiger partial charge is 0.387 e. The van der Waals surface area contributed by atoms with E-state index in [9.17, 15) is 13.2 Å². The summed E-state index contributed by atoms with van der Waals surface area (Å²) in [7, 11) is 0. The van der Waals surface area contributed by atoms with Crippen LogP contribution in [0.2, 0.25) is 0 Å². The minimum Gasteiger partial charge on any atom is -0.387 e. The Bertz CT molecular complexity index is 208. The lowest BCUT2D eigenvalue weighted by atomic mass is 9.99. The van der Waals surface area contributed by atoms with Crippen molar-refractivity contribution in [3.05, 3.63) is 0 Å². The van der Waals surface area contributed by atoms with Crippen LogP contribution in [-0.2, 0) is 4.74 Å². The first-order valence-corrected chi connectivity index (χ1v) is 3.69. The van der Waals surface area contributed by atoms with E-state index in [4.69, 9.17) is 20.4 Å². The van der Waals surface area contributed by atoms with Gasteiger partial charge in [0.2, 0.25) is 0 Å². The van der Waals surface area contributed by atoms with Crippen LogP contribution < -0.4 is 0 Å². The molecule has 0 aromatic carbocycles. The van der Waals surface area contributed by atoms with E-state index in [1.165, 1.54) is 0 Å². The summed E-state index contributed by atoms with van der Waals surface area (Å²) in [5.74, 6) is 0. The van der Waals surface area contributed by atoms with Crippen molar-refractivity contribution in [1.82, 2.24) is 0 Å². The van der Waals surface area contributed by atoms with E-state index in [1.807, 2.05) is 0 Å². The largest absolute Gasteiger partial charge is 0.417 e. The quantitative estimate of drug-likeness (QED) is 0.391. The lowest BCUT2D eigenvalue weighted by molar-refractivity contribution is -0.345. The molecule has 5 atom stereocenters. The first-order chi connectivity index (χ1) is 6.25. The van der Waals surface area contributed by atoms with Gasteiger partial charge in [-0.1, -0.05) is 0 Å². The first-order valence-electron chi connectivity index (χ1n) is 3.69. The molecule has 5 nitrogen and oxygen atoms in total. The summed E-state index contributed by atoms with van der Waals surface area (Å²) in [4.78, 5) is 0. The van der Waals surface area contributed by atoms with E-state index >= 15 is 0 Å². The van der Waals surface area contributed by atoms with Gasteiger partial charge in [-0.05, 0) is 0 Å². The third kappa shape index (κ3) is 1.98. The van der Waals surface area contributed by atoms with E-state index in [-0.39, 0.29) is 0 Å². The Hall–Kier alpha value is -0.410. The first kappa shape index (κ1) is 11.7. The molecule has 1 heterocycles. The van der Waals surface area contributed by atoms with Gasteiger partial charge in [0.15, 0.2) is 12.4 Å². The Kier molecular flexibility index (Phi) is 3.02. The van der Waals surface area contributed by atoms with Gasteiger partial charge in [-0.15, -0.1) is 0 Å². The maximum Gasteiger partial charge on any atom is 0.417 e. The van der Waals surface area contributed by atoms with Crippen molar-refractivity contribution in [2.24, 2.45) is 0 Å². The van der Waals surface area contributed by atoms with Gasteiger partial charge in [0.05, 0.1) is 0 Å². The molecule has 0 bridgehead atoms. The molecule has 1 aliphatic rings. The monoisotopic (exact) mass is 218 g/mol. The normalized spacial score (nSPS) is 45.2.